The molecule has 0 radical (unpaired) electrons. The van der Waals surface area contributed by atoms with Gasteiger partial charge in [0, 0.05) is 13.1 Å². The highest BCUT2D eigenvalue weighted by molar-refractivity contribution is 6.07. The molecule has 0 atom stereocenters. The van der Waals surface area contributed by atoms with E-state index in [0.29, 0.717) is 40.8 Å². The lowest BCUT2D eigenvalue weighted by molar-refractivity contribution is -0.137. The first kappa shape index (κ1) is 20.2. The quantitative estimate of drug-likeness (QED) is 0.623. The number of hydrogen-bond acceptors (Lipinski definition) is 4. The molecule has 2 N–H and O–H groups in total. The van der Waals surface area contributed by atoms with Crippen molar-refractivity contribution in [1.29, 1.82) is 0 Å². The maximum atomic E-state index is 13.2. The number of nitrogens with one attached hydrogen (secondary N) is 2. The van der Waals surface area contributed by atoms with Gasteiger partial charge in [-0.3, -0.25) is 14.7 Å². The lowest BCUT2D eigenvalue weighted by Gasteiger charge is -2.34. The largest absolute Gasteiger partial charge is 0.495 e. The molecule has 1 saturated heterocycles. The van der Waals surface area contributed by atoms with E-state index in [4.69, 9.17) is 4.74 Å². The lowest BCUT2D eigenvalue weighted by Crippen LogP contribution is -2.54. The molecule has 32 heavy (non-hydrogen) atoms. The average molecular weight is 434 g/mol. The van der Waals surface area contributed by atoms with E-state index in [-0.39, 0.29) is 17.6 Å². The first-order chi connectivity index (χ1) is 15.5. The van der Waals surface area contributed by atoms with E-state index < -0.39 is 5.54 Å². The van der Waals surface area contributed by atoms with Gasteiger partial charge < -0.3 is 15.0 Å². The van der Waals surface area contributed by atoms with Crippen LogP contribution in [0.3, 0.4) is 0 Å². The van der Waals surface area contributed by atoms with Gasteiger partial charge in [0.1, 0.15) is 17.1 Å². The number of methoxy groups -OCH3 is 1. The number of amides is 2. The van der Waals surface area contributed by atoms with Gasteiger partial charge in [0.2, 0.25) is 5.91 Å². The van der Waals surface area contributed by atoms with Crippen molar-refractivity contribution in [1.82, 2.24) is 20.4 Å². The fourth-order valence-corrected chi connectivity index (χ4v) is 3.99. The Morgan fingerprint density at radius 2 is 1.91 bits per heavy atom. The molecule has 2 aromatic carbocycles. The van der Waals surface area contributed by atoms with Crippen molar-refractivity contribution in [3.63, 3.8) is 0 Å². The minimum absolute atomic E-state index is 0.00313. The van der Waals surface area contributed by atoms with E-state index in [2.05, 4.69) is 15.5 Å². The molecular weight excluding hydrogens is 411 g/mol. The number of aromatic amines is 1. The molecule has 7 nitrogen and oxygen atoms in total. The molecular formula is C24H23FN4O3. The fraction of sp³-hybridized carbons (Fsp3) is 0.292. The van der Waals surface area contributed by atoms with Crippen LogP contribution >= 0.6 is 0 Å². The number of halogens is 1. The second kappa shape index (κ2) is 7.78. The van der Waals surface area contributed by atoms with Crippen molar-refractivity contribution in [3.8, 4) is 5.75 Å². The number of carbonyl (C=O) groups is 2. The molecule has 0 bridgehead atoms. The summed E-state index contributed by atoms with van der Waals surface area (Å²) in [4.78, 5) is 27.7. The molecule has 2 fully saturated rings. The number of aromatic nitrogens is 2. The number of hydrogen-bond donors (Lipinski definition) is 2. The number of fused-ring (bicyclic) bond motifs is 1. The summed E-state index contributed by atoms with van der Waals surface area (Å²) in [6.45, 7) is 1.51. The van der Waals surface area contributed by atoms with Crippen LogP contribution in [0.1, 0.15) is 40.9 Å². The molecule has 5 rings (SSSR count). The highest BCUT2D eigenvalue weighted by Crippen LogP contribution is 2.40. The fourth-order valence-electron chi connectivity index (χ4n) is 3.99. The average Bonchev–Trinajstić information content (AvgIpc) is 3.42. The predicted molar refractivity (Wildman–Crippen MR) is 119 cm³/mol. The maximum Gasteiger partial charge on any atom is 0.255 e. The standard InChI is InChI=1S/C24H23FN4O3/c1-32-21-17(22(30)26-24(11-12-24)23(31)29-13-2-14-29)8-10-19-20(21)18(27-28-19)9-5-15-3-6-16(25)7-4-15/h3-10H,2,11-14H2,1H3,(H,26,30)(H,27,28). The summed E-state index contributed by atoms with van der Waals surface area (Å²) in [5.74, 6) is -0.250. The van der Waals surface area contributed by atoms with Gasteiger partial charge in [-0.05, 0) is 55.2 Å². The SMILES string of the molecule is COc1c(C(=O)NC2(C(=O)N3CCC3)CC2)ccc2n[nH]c(C=Cc3ccc(F)cc3)c12. The van der Waals surface area contributed by atoms with Gasteiger partial charge >= 0.3 is 0 Å². The van der Waals surface area contributed by atoms with Gasteiger partial charge in [0.15, 0.2) is 0 Å². The van der Waals surface area contributed by atoms with Crippen LogP contribution in [-0.2, 0) is 4.79 Å². The number of carbonyl (C=O) groups excluding carboxylic acids is 2. The van der Waals surface area contributed by atoms with E-state index in [1.54, 1.807) is 29.2 Å². The van der Waals surface area contributed by atoms with Crippen molar-refractivity contribution < 1.29 is 18.7 Å². The molecule has 1 aliphatic carbocycles. The van der Waals surface area contributed by atoms with E-state index in [9.17, 15) is 14.0 Å². The van der Waals surface area contributed by atoms with Gasteiger partial charge in [0.05, 0.1) is 29.3 Å². The predicted octanol–water partition coefficient (Wildman–Crippen LogP) is 3.38. The zero-order valence-electron chi connectivity index (χ0n) is 17.7. The van der Waals surface area contributed by atoms with Gasteiger partial charge in [-0.25, -0.2) is 4.39 Å². The first-order valence-electron chi connectivity index (χ1n) is 10.6. The Hall–Kier alpha value is -3.68. The Bertz CT molecular complexity index is 1220. The Kier molecular flexibility index (Phi) is 4.92. The second-order valence-electron chi connectivity index (χ2n) is 8.24. The smallest absolute Gasteiger partial charge is 0.255 e. The molecule has 0 spiro atoms. The van der Waals surface area contributed by atoms with Gasteiger partial charge in [-0.1, -0.05) is 18.2 Å². The molecule has 0 unspecified atom stereocenters. The lowest BCUT2D eigenvalue weighted by atomic mass is 10.1. The molecule has 8 heteroatoms. The second-order valence-corrected chi connectivity index (χ2v) is 8.24. The van der Waals surface area contributed by atoms with E-state index in [1.807, 2.05) is 12.2 Å². The minimum atomic E-state index is -0.792. The van der Waals surface area contributed by atoms with E-state index in [0.717, 1.165) is 25.1 Å². The van der Waals surface area contributed by atoms with Crippen LogP contribution in [-0.4, -0.2) is 52.6 Å². The zero-order valence-corrected chi connectivity index (χ0v) is 17.7. The summed E-state index contributed by atoms with van der Waals surface area (Å²) in [5, 5.41) is 10.9. The molecule has 2 amide bonds. The summed E-state index contributed by atoms with van der Waals surface area (Å²) in [6.07, 6.45) is 5.94. The number of nitrogens with zero attached hydrogens (tertiary/aromatic N) is 2. The molecule has 2 aliphatic rings. The van der Waals surface area contributed by atoms with Crippen LogP contribution in [0.15, 0.2) is 36.4 Å². The highest BCUT2D eigenvalue weighted by Gasteiger charge is 2.53. The van der Waals surface area contributed by atoms with Gasteiger partial charge in [-0.15, -0.1) is 0 Å². The monoisotopic (exact) mass is 434 g/mol. The molecule has 2 heterocycles. The molecule has 1 aromatic heterocycles. The van der Waals surface area contributed by atoms with Gasteiger partial charge in [0.25, 0.3) is 5.91 Å². The Morgan fingerprint density at radius 1 is 1.16 bits per heavy atom. The topological polar surface area (TPSA) is 87.3 Å². The third kappa shape index (κ3) is 3.51. The number of H-pyrrole nitrogens is 1. The molecule has 164 valence electrons. The minimum Gasteiger partial charge on any atom is -0.495 e. The normalized spacial score (nSPS) is 16.8. The van der Waals surface area contributed by atoms with Gasteiger partial charge in [-0.2, -0.15) is 5.10 Å². The number of ether oxygens (including phenoxy) is 1. The Balaban J connectivity index is 1.45. The first-order valence-corrected chi connectivity index (χ1v) is 10.6. The van der Waals surface area contributed by atoms with E-state index in [1.165, 1.54) is 19.2 Å². The van der Waals surface area contributed by atoms with Crippen LogP contribution < -0.4 is 10.1 Å². The van der Waals surface area contributed by atoms with Crippen LogP contribution in [0.2, 0.25) is 0 Å². The number of likely N-dealkylation sites (tertiary alicyclic amines) is 1. The summed E-state index contributed by atoms with van der Waals surface area (Å²) < 4.78 is 18.8. The summed E-state index contributed by atoms with van der Waals surface area (Å²) in [5.41, 5.74) is 1.69. The van der Waals surface area contributed by atoms with Crippen molar-refractivity contribution in [3.05, 3.63) is 59.0 Å². The van der Waals surface area contributed by atoms with Crippen LogP contribution in [0.5, 0.6) is 5.75 Å². The third-order valence-corrected chi connectivity index (χ3v) is 6.12. The van der Waals surface area contributed by atoms with Crippen molar-refractivity contribution in [2.24, 2.45) is 0 Å². The van der Waals surface area contributed by atoms with E-state index >= 15 is 0 Å². The Morgan fingerprint density at radius 3 is 2.53 bits per heavy atom. The van der Waals surface area contributed by atoms with Crippen molar-refractivity contribution in [2.75, 3.05) is 20.2 Å². The number of rotatable bonds is 6. The highest BCUT2D eigenvalue weighted by atomic mass is 19.1. The van der Waals surface area contributed by atoms with Crippen LogP contribution in [0.25, 0.3) is 23.1 Å². The molecule has 3 aromatic rings. The molecule has 1 aliphatic heterocycles. The molecule has 1 saturated carbocycles. The maximum absolute atomic E-state index is 13.2. The van der Waals surface area contributed by atoms with Crippen molar-refractivity contribution in [2.45, 2.75) is 24.8 Å². The summed E-state index contributed by atoms with van der Waals surface area (Å²) in [6, 6.07) is 9.53. The summed E-state index contributed by atoms with van der Waals surface area (Å²) >= 11 is 0. The number of benzene rings is 2. The van der Waals surface area contributed by atoms with Crippen LogP contribution in [0.4, 0.5) is 4.39 Å². The summed E-state index contributed by atoms with van der Waals surface area (Å²) in [7, 11) is 1.50. The van der Waals surface area contributed by atoms with Crippen LogP contribution in [0, 0.1) is 5.82 Å². The Labute approximate surface area is 184 Å². The zero-order chi connectivity index (χ0) is 22.3. The third-order valence-electron chi connectivity index (χ3n) is 6.12. The van der Waals surface area contributed by atoms with Crippen molar-refractivity contribution >= 4 is 34.9 Å².